The summed E-state index contributed by atoms with van der Waals surface area (Å²) in [6.07, 6.45) is 1.76. The SMILES string of the molecule is O=S(=O)(Nc1cccc2c1CCCN2)c1cccc(F)c1. The van der Waals surface area contributed by atoms with Gasteiger partial charge in [-0.25, -0.2) is 12.8 Å². The molecule has 4 nitrogen and oxygen atoms in total. The Balaban J connectivity index is 1.96. The van der Waals surface area contributed by atoms with Crippen LogP contribution in [0.5, 0.6) is 0 Å². The molecule has 1 heterocycles. The molecule has 0 saturated heterocycles. The molecule has 0 unspecified atom stereocenters. The highest BCUT2D eigenvalue weighted by Gasteiger charge is 2.19. The predicted molar refractivity (Wildman–Crippen MR) is 80.5 cm³/mol. The van der Waals surface area contributed by atoms with Gasteiger partial charge >= 0.3 is 0 Å². The van der Waals surface area contributed by atoms with Crippen LogP contribution in [0.25, 0.3) is 0 Å². The number of hydrogen-bond donors (Lipinski definition) is 2. The molecule has 3 rings (SSSR count). The minimum Gasteiger partial charge on any atom is -0.385 e. The summed E-state index contributed by atoms with van der Waals surface area (Å²) < 4.78 is 40.4. The zero-order chi connectivity index (χ0) is 14.9. The van der Waals surface area contributed by atoms with Gasteiger partial charge in [0.25, 0.3) is 10.0 Å². The zero-order valence-electron chi connectivity index (χ0n) is 11.3. The van der Waals surface area contributed by atoms with E-state index >= 15 is 0 Å². The van der Waals surface area contributed by atoms with Crippen LogP contribution in [-0.4, -0.2) is 15.0 Å². The number of hydrogen-bond acceptors (Lipinski definition) is 3. The normalized spacial score (nSPS) is 14.1. The lowest BCUT2D eigenvalue weighted by Gasteiger charge is -2.21. The lowest BCUT2D eigenvalue weighted by atomic mass is 10.0. The van der Waals surface area contributed by atoms with Gasteiger partial charge in [0.2, 0.25) is 0 Å². The molecule has 6 heteroatoms. The fourth-order valence-corrected chi connectivity index (χ4v) is 3.57. The Morgan fingerprint density at radius 3 is 2.76 bits per heavy atom. The molecular weight excluding hydrogens is 291 g/mol. The van der Waals surface area contributed by atoms with Gasteiger partial charge in [-0.1, -0.05) is 12.1 Å². The second-order valence-corrected chi connectivity index (χ2v) is 6.61. The van der Waals surface area contributed by atoms with Crippen LogP contribution in [0.1, 0.15) is 12.0 Å². The first-order valence-corrected chi connectivity index (χ1v) is 8.19. The van der Waals surface area contributed by atoms with Crippen molar-refractivity contribution in [3.63, 3.8) is 0 Å². The van der Waals surface area contributed by atoms with Crippen molar-refractivity contribution in [2.75, 3.05) is 16.6 Å². The summed E-state index contributed by atoms with van der Waals surface area (Å²) in [5.74, 6) is -0.574. The third-order valence-corrected chi connectivity index (χ3v) is 4.81. The van der Waals surface area contributed by atoms with E-state index in [1.807, 2.05) is 6.07 Å². The Hall–Kier alpha value is -2.08. The van der Waals surface area contributed by atoms with E-state index in [9.17, 15) is 12.8 Å². The second kappa shape index (κ2) is 5.37. The Morgan fingerprint density at radius 1 is 1.14 bits per heavy atom. The summed E-state index contributed by atoms with van der Waals surface area (Å²) in [6.45, 7) is 0.882. The van der Waals surface area contributed by atoms with E-state index < -0.39 is 15.8 Å². The molecule has 1 aliphatic rings. The van der Waals surface area contributed by atoms with Gasteiger partial charge in [0.15, 0.2) is 0 Å². The summed E-state index contributed by atoms with van der Waals surface area (Å²) in [4.78, 5) is -0.0797. The molecule has 0 spiro atoms. The lowest BCUT2D eigenvalue weighted by molar-refractivity contribution is 0.595. The van der Waals surface area contributed by atoms with Crippen molar-refractivity contribution >= 4 is 21.4 Å². The minimum absolute atomic E-state index is 0.0797. The first-order valence-electron chi connectivity index (χ1n) is 6.70. The predicted octanol–water partition coefficient (Wildman–Crippen LogP) is 2.98. The molecule has 0 radical (unpaired) electrons. The topological polar surface area (TPSA) is 58.2 Å². The molecule has 110 valence electrons. The van der Waals surface area contributed by atoms with Crippen molar-refractivity contribution in [3.8, 4) is 0 Å². The first kappa shape index (κ1) is 13.9. The Kier molecular flexibility index (Phi) is 3.55. The van der Waals surface area contributed by atoms with E-state index in [4.69, 9.17) is 0 Å². The van der Waals surface area contributed by atoms with Gasteiger partial charge in [-0.3, -0.25) is 4.72 Å². The highest BCUT2D eigenvalue weighted by molar-refractivity contribution is 7.92. The maximum atomic E-state index is 13.2. The van der Waals surface area contributed by atoms with Crippen molar-refractivity contribution in [3.05, 3.63) is 53.8 Å². The Labute approximate surface area is 123 Å². The van der Waals surface area contributed by atoms with Crippen LogP contribution in [0.3, 0.4) is 0 Å². The van der Waals surface area contributed by atoms with Crippen molar-refractivity contribution < 1.29 is 12.8 Å². The van der Waals surface area contributed by atoms with Gasteiger partial charge in [0, 0.05) is 12.2 Å². The molecule has 0 atom stereocenters. The van der Waals surface area contributed by atoms with Crippen LogP contribution in [-0.2, 0) is 16.4 Å². The van der Waals surface area contributed by atoms with Gasteiger partial charge in [-0.05, 0) is 48.7 Å². The quantitative estimate of drug-likeness (QED) is 0.916. The number of fused-ring (bicyclic) bond motifs is 1. The highest BCUT2D eigenvalue weighted by atomic mass is 32.2. The Bertz CT molecular complexity index is 775. The number of benzene rings is 2. The number of sulfonamides is 1. The molecule has 0 fully saturated rings. The molecule has 0 amide bonds. The third-order valence-electron chi connectivity index (χ3n) is 3.45. The van der Waals surface area contributed by atoms with E-state index in [1.54, 1.807) is 12.1 Å². The second-order valence-electron chi connectivity index (χ2n) is 4.92. The number of halogens is 1. The van der Waals surface area contributed by atoms with E-state index in [0.717, 1.165) is 36.7 Å². The van der Waals surface area contributed by atoms with E-state index in [2.05, 4.69) is 10.0 Å². The number of anilines is 2. The molecule has 2 aromatic carbocycles. The monoisotopic (exact) mass is 306 g/mol. The van der Waals surface area contributed by atoms with Gasteiger partial charge in [0.05, 0.1) is 10.6 Å². The zero-order valence-corrected chi connectivity index (χ0v) is 12.1. The molecule has 1 aliphatic heterocycles. The fourth-order valence-electron chi connectivity index (χ4n) is 2.44. The van der Waals surface area contributed by atoms with Crippen LogP contribution < -0.4 is 10.0 Å². The van der Waals surface area contributed by atoms with Crippen LogP contribution in [0.4, 0.5) is 15.8 Å². The van der Waals surface area contributed by atoms with Crippen LogP contribution in [0, 0.1) is 5.82 Å². The molecule has 2 aromatic rings. The number of rotatable bonds is 3. The summed E-state index contributed by atoms with van der Waals surface area (Å²) in [6, 6.07) is 10.4. The maximum absolute atomic E-state index is 13.2. The van der Waals surface area contributed by atoms with Gasteiger partial charge < -0.3 is 5.32 Å². The third kappa shape index (κ3) is 2.85. The maximum Gasteiger partial charge on any atom is 0.262 e. The summed E-state index contributed by atoms with van der Waals surface area (Å²) in [5, 5.41) is 3.24. The Morgan fingerprint density at radius 2 is 1.95 bits per heavy atom. The van der Waals surface area contributed by atoms with Crippen LogP contribution in [0.2, 0.25) is 0 Å². The fraction of sp³-hybridized carbons (Fsp3) is 0.200. The van der Waals surface area contributed by atoms with Crippen LogP contribution >= 0.6 is 0 Å². The van der Waals surface area contributed by atoms with E-state index in [1.165, 1.54) is 18.2 Å². The summed E-state index contributed by atoms with van der Waals surface area (Å²) in [5.41, 5.74) is 2.44. The average Bonchev–Trinajstić information content (AvgIpc) is 2.47. The molecule has 2 N–H and O–H groups in total. The number of nitrogens with one attached hydrogen (secondary N) is 2. The van der Waals surface area contributed by atoms with Crippen LogP contribution in [0.15, 0.2) is 47.4 Å². The molecule has 0 aromatic heterocycles. The first-order chi connectivity index (χ1) is 10.1. The van der Waals surface area contributed by atoms with Gasteiger partial charge in [0.1, 0.15) is 5.82 Å². The molecule has 0 bridgehead atoms. The smallest absolute Gasteiger partial charge is 0.262 e. The van der Waals surface area contributed by atoms with Crippen molar-refractivity contribution in [1.82, 2.24) is 0 Å². The largest absolute Gasteiger partial charge is 0.385 e. The van der Waals surface area contributed by atoms with Crippen molar-refractivity contribution in [1.29, 1.82) is 0 Å². The van der Waals surface area contributed by atoms with Gasteiger partial charge in [-0.15, -0.1) is 0 Å². The average molecular weight is 306 g/mol. The molecule has 21 heavy (non-hydrogen) atoms. The highest BCUT2D eigenvalue weighted by Crippen LogP contribution is 2.30. The van der Waals surface area contributed by atoms with Crippen molar-refractivity contribution in [2.45, 2.75) is 17.7 Å². The summed E-state index contributed by atoms with van der Waals surface area (Å²) >= 11 is 0. The van der Waals surface area contributed by atoms with Gasteiger partial charge in [-0.2, -0.15) is 0 Å². The molecule has 0 saturated carbocycles. The standard InChI is InChI=1S/C15H15FN2O2S/c16-11-4-1-5-12(10-11)21(19,20)18-15-8-2-7-14-13(15)6-3-9-17-14/h1-2,4-5,7-8,10,17-18H,3,6,9H2. The summed E-state index contributed by atoms with van der Waals surface area (Å²) in [7, 11) is -3.79. The lowest BCUT2D eigenvalue weighted by Crippen LogP contribution is -2.18. The minimum atomic E-state index is -3.79. The van der Waals surface area contributed by atoms with E-state index in [-0.39, 0.29) is 4.90 Å². The molecule has 0 aliphatic carbocycles. The molecular formula is C15H15FN2O2S. The van der Waals surface area contributed by atoms with E-state index in [0.29, 0.717) is 5.69 Å². The van der Waals surface area contributed by atoms with Crippen molar-refractivity contribution in [2.24, 2.45) is 0 Å².